The molecule has 180 valence electrons. The summed E-state index contributed by atoms with van der Waals surface area (Å²) in [7, 11) is -3.13. The van der Waals surface area contributed by atoms with Gasteiger partial charge < -0.3 is 9.64 Å². The topological polar surface area (TPSA) is 76.0 Å². The quantitative estimate of drug-likeness (QED) is 0.493. The Kier molecular flexibility index (Phi) is 6.67. The van der Waals surface area contributed by atoms with Crippen LogP contribution in [0.4, 0.5) is 5.69 Å². The Morgan fingerprint density at radius 3 is 2.49 bits per heavy atom. The van der Waals surface area contributed by atoms with Crippen molar-refractivity contribution in [3.8, 4) is 5.75 Å². The van der Waals surface area contributed by atoms with E-state index < -0.39 is 9.84 Å². The molecule has 2 aliphatic rings. The summed E-state index contributed by atoms with van der Waals surface area (Å²) in [5.74, 6) is 0.632. The first-order valence-electron chi connectivity index (χ1n) is 11.5. The summed E-state index contributed by atoms with van der Waals surface area (Å²) in [6.07, 6.45) is 0.208. The molecule has 0 saturated carbocycles. The van der Waals surface area contributed by atoms with Crippen LogP contribution in [0.25, 0.3) is 0 Å². The molecule has 5 rings (SSSR count). The van der Waals surface area contributed by atoms with E-state index in [2.05, 4.69) is 4.99 Å². The summed E-state index contributed by atoms with van der Waals surface area (Å²) in [5.41, 5.74) is 3.88. The van der Waals surface area contributed by atoms with Crippen LogP contribution < -0.4 is 9.64 Å². The molecule has 2 aliphatic heterocycles. The Hall–Kier alpha value is -3.10. The molecular weight excluding hydrogens is 480 g/mol. The molecule has 0 N–H and O–H groups in total. The number of fused-ring (bicyclic) bond motifs is 1. The van der Waals surface area contributed by atoms with Gasteiger partial charge in [-0.05, 0) is 42.3 Å². The average Bonchev–Trinajstić information content (AvgIpc) is 3.29. The third-order valence-corrected chi connectivity index (χ3v) is 9.30. The lowest BCUT2D eigenvalue weighted by Gasteiger charge is -2.24. The third kappa shape index (κ3) is 5.60. The molecule has 3 aromatic rings. The molecule has 0 unspecified atom stereocenters. The SMILES string of the molecule is Cc1cccc(CC(=O)N=C2S[C@H]3CS(=O)(=O)C[C@@H]3N2c2ccc(OCc3ccccc3)cc2)c1. The lowest BCUT2D eigenvalue weighted by molar-refractivity contribution is -0.117. The fraction of sp³-hybridized carbons (Fsp3) is 0.259. The Labute approximate surface area is 209 Å². The fourth-order valence-corrected chi connectivity index (χ4v) is 8.38. The van der Waals surface area contributed by atoms with Crippen molar-refractivity contribution in [2.45, 2.75) is 31.2 Å². The molecule has 0 spiro atoms. The number of ether oxygens (including phenoxy) is 1. The Bertz CT molecular complexity index is 1360. The molecule has 0 aliphatic carbocycles. The van der Waals surface area contributed by atoms with Gasteiger partial charge in [0.2, 0.25) is 0 Å². The second-order valence-electron chi connectivity index (χ2n) is 8.89. The lowest BCUT2D eigenvalue weighted by atomic mass is 10.1. The van der Waals surface area contributed by atoms with Crippen LogP contribution in [0, 0.1) is 6.92 Å². The van der Waals surface area contributed by atoms with Gasteiger partial charge in [-0.1, -0.05) is 71.9 Å². The van der Waals surface area contributed by atoms with Crippen molar-refractivity contribution in [1.82, 2.24) is 0 Å². The van der Waals surface area contributed by atoms with E-state index >= 15 is 0 Å². The zero-order valence-corrected chi connectivity index (χ0v) is 21.0. The van der Waals surface area contributed by atoms with Crippen molar-refractivity contribution in [3.05, 3.63) is 95.6 Å². The predicted molar refractivity (Wildman–Crippen MR) is 141 cm³/mol. The first kappa shape index (κ1) is 23.6. The minimum atomic E-state index is -3.13. The number of aryl methyl sites for hydroxylation is 1. The van der Waals surface area contributed by atoms with E-state index in [1.165, 1.54) is 11.8 Å². The number of aliphatic imine (C=N–C) groups is 1. The Balaban J connectivity index is 1.36. The maximum Gasteiger partial charge on any atom is 0.252 e. The lowest BCUT2D eigenvalue weighted by Crippen LogP contribution is -2.37. The number of carbonyl (C=O) groups excluding carboxylic acids is 1. The second kappa shape index (κ2) is 9.87. The first-order valence-corrected chi connectivity index (χ1v) is 14.2. The van der Waals surface area contributed by atoms with Gasteiger partial charge in [0.05, 0.1) is 24.0 Å². The molecule has 0 bridgehead atoms. The number of benzene rings is 3. The number of anilines is 1. The van der Waals surface area contributed by atoms with Crippen molar-refractivity contribution >= 4 is 38.4 Å². The number of nitrogens with zero attached hydrogens (tertiary/aromatic N) is 2. The molecule has 2 saturated heterocycles. The second-order valence-corrected chi connectivity index (χ2v) is 12.3. The van der Waals surface area contributed by atoms with Crippen LogP contribution in [-0.4, -0.2) is 42.3 Å². The van der Waals surface area contributed by atoms with Crippen LogP contribution in [0.5, 0.6) is 5.75 Å². The van der Waals surface area contributed by atoms with Crippen LogP contribution in [0.3, 0.4) is 0 Å². The van der Waals surface area contributed by atoms with Crippen molar-refractivity contribution in [1.29, 1.82) is 0 Å². The van der Waals surface area contributed by atoms with Crippen LogP contribution in [-0.2, 0) is 27.7 Å². The minimum Gasteiger partial charge on any atom is -0.489 e. The summed E-state index contributed by atoms with van der Waals surface area (Å²) in [6, 6.07) is 25.0. The maximum atomic E-state index is 12.8. The maximum absolute atomic E-state index is 12.8. The summed E-state index contributed by atoms with van der Waals surface area (Å²) >= 11 is 1.38. The number of carbonyl (C=O) groups is 1. The Morgan fingerprint density at radius 1 is 1.00 bits per heavy atom. The van der Waals surface area contributed by atoms with Gasteiger partial charge in [0.15, 0.2) is 15.0 Å². The van der Waals surface area contributed by atoms with E-state index in [9.17, 15) is 13.2 Å². The van der Waals surface area contributed by atoms with Crippen molar-refractivity contribution < 1.29 is 17.9 Å². The van der Waals surface area contributed by atoms with Gasteiger partial charge in [-0.2, -0.15) is 4.99 Å². The summed E-state index contributed by atoms with van der Waals surface area (Å²) in [6.45, 7) is 2.45. The van der Waals surface area contributed by atoms with E-state index in [1.54, 1.807) is 0 Å². The molecular formula is C27H26N2O4S2. The highest BCUT2D eigenvalue weighted by Gasteiger charge is 2.49. The fourth-order valence-electron chi connectivity index (χ4n) is 4.45. The number of amidine groups is 1. The van der Waals surface area contributed by atoms with Crippen LogP contribution in [0.2, 0.25) is 0 Å². The minimum absolute atomic E-state index is 0.0576. The Morgan fingerprint density at radius 2 is 1.74 bits per heavy atom. The molecule has 35 heavy (non-hydrogen) atoms. The van der Waals surface area contributed by atoms with Gasteiger partial charge in [0, 0.05) is 10.9 Å². The van der Waals surface area contributed by atoms with E-state index in [-0.39, 0.29) is 35.1 Å². The molecule has 6 nitrogen and oxygen atoms in total. The zero-order chi connectivity index (χ0) is 24.4. The first-order chi connectivity index (χ1) is 16.9. The van der Waals surface area contributed by atoms with Crippen LogP contribution >= 0.6 is 11.8 Å². The number of hydrogen-bond donors (Lipinski definition) is 0. The predicted octanol–water partition coefficient (Wildman–Crippen LogP) is 4.42. The van der Waals surface area contributed by atoms with Crippen LogP contribution in [0.15, 0.2) is 83.9 Å². The number of hydrogen-bond acceptors (Lipinski definition) is 5. The van der Waals surface area contributed by atoms with Gasteiger partial charge in [0.25, 0.3) is 5.91 Å². The van der Waals surface area contributed by atoms with E-state index in [1.807, 2.05) is 90.7 Å². The molecule has 8 heteroatoms. The number of rotatable bonds is 6. The molecule has 3 aromatic carbocycles. The van der Waals surface area contributed by atoms with Crippen molar-refractivity contribution in [2.75, 3.05) is 16.4 Å². The van der Waals surface area contributed by atoms with Gasteiger partial charge in [-0.3, -0.25) is 4.79 Å². The van der Waals surface area contributed by atoms with Gasteiger partial charge in [-0.15, -0.1) is 0 Å². The molecule has 2 heterocycles. The van der Waals surface area contributed by atoms with Gasteiger partial charge in [-0.25, -0.2) is 8.42 Å². The normalized spacial score (nSPS) is 21.7. The van der Waals surface area contributed by atoms with E-state index in [0.29, 0.717) is 17.5 Å². The van der Waals surface area contributed by atoms with Gasteiger partial charge >= 0.3 is 0 Å². The number of sulfone groups is 1. The van der Waals surface area contributed by atoms with Gasteiger partial charge in [0.1, 0.15) is 12.4 Å². The molecule has 1 amide bonds. The largest absolute Gasteiger partial charge is 0.489 e. The standard InChI is InChI=1S/C27H26N2O4S2/c1-19-6-5-9-21(14-19)15-26(30)28-27-29(24-17-35(31,32)18-25(24)34-27)22-10-12-23(13-11-22)33-16-20-7-3-2-4-8-20/h2-14,24-25H,15-18H2,1H3/t24-,25-/m0/s1. The summed E-state index contributed by atoms with van der Waals surface area (Å²) < 4.78 is 30.6. The third-order valence-electron chi connectivity index (χ3n) is 6.09. The smallest absolute Gasteiger partial charge is 0.252 e. The summed E-state index contributed by atoms with van der Waals surface area (Å²) in [4.78, 5) is 19.2. The average molecular weight is 507 g/mol. The highest BCUT2D eigenvalue weighted by Crippen LogP contribution is 2.41. The highest BCUT2D eigenvalue weighted by atomic mass is 32.2. The molecule has 0 aromatic heterocycles. The van der Waals surface area contributed by atoms with E-state index in [0.717, 1.165) is 22.4 Å². The van der Waals surface area contributed by atoms with Crippen molar-refractivity contribution in [2.24, 2.45) is 4.99 Å². The van der Waals surface area contributed by atoms with E-state index in [4.69, 9.17) is 4.74 Å². The summed E-state index contributed by atoms with van der Waals surface area (Å²) in [5, 5.41) is 0.421. The molecule has 2 fully saturated rings. The monoisotopic (exact) mass is 506 g/mol. The van der Waals surface area contributed by atoms with Crippen LogP contribution in [0.1, 0.15) is 16.7 Å². The number of thioether (sulfide) groups is 1. The van der Waals surface area contributed by atoms with Crippen molar-refractivity contribution in [3.63, 3.8) is 0 Å². The zero-order valence-electron chi connectivity index (χ0n) is 19.3. The molecule has 0 radical (unpaired) electrons. The molecule has 2 atom stereocenters. The number of amides is 1. The highest BCUT2D eigenvalue weighted by molar-refractivity contribution is 8.16.